The van der Waals surface area contributed by atoms with E-state index < -0.39 is 5.97 Å². The number of fused-ring (bicyclic) bond motifs is 4. The van der Waals surface area contributed by atoms with Gasteiger partial charge in [0.15, 0.2) is 5.69 Å². The average molecular weight is 507 g/mol. The number of aromatic nitrogens is 4. The van der Waals surface area contributed by atoms with Gasteiger partial charge in [-0.1, -0.05) is 51.3 Å². The molecular formula is C27H30N4O4S. The molecule has 5 rings (SSSR count). The first-order valence-electron chi connectivity index (χ1n) is 12.7. The highest BCUT2D eigenvalue weighted by Gasteiger charge is 2.24. The number of esters is 1. The summed E-state index contributed by atoms with van der Waals surface area (Å²) in [7, 11) is 0. The fraction of sp³-hybridized carbons (Fsp3) is 0.444. The van der Waals surface area contributed by atoms with E-state index in [2.05, 4.69) is 28.9 Å². The van der Waals surface area contributed by atoms with Crippen LogP contribution in [0.2, 0.25) is 0 Å². The van der Waals surface area contributed by atoms with Gasteiger partial charge in [0.1, 0.15) is 17.3 Å². The number of thiophene rings is 1. The number of H-pyrrole nitrogens is 1. The lowest BCUT2D eigenvalue weighted by Crippen LogP contribution is -2.26. The van der Waals surface area contributed by atoms with Gasteiger partial charge < -0.3 is 9.72 Å². The van der Waals surface area contributed by atoms with Crippen molar-refractivity contribution in [3.8, 4) is 0 Å². The van der Waals surface area contributed by atoms with Crippen LogP contribution in [0.3, 0.4) is 0 Å². The third-order valence-electron chi connectivity index (χ3n) is 6.84. The highest BCUT2D eigenvalue weighted by Crippen LogP contribution is 2.35. The Hall–Kier alpha value is -3.33. The molecule has 4 aromatic rings. The molecule has 0 bridgehead atoms. The zero-order valence-electron chi connectivity index (χ0n) is 20.6. The molecule has 1 aliphatic carbocycles. The number of ether oxygens (including phenoxy) is 1. The van der Waals surface area contributed by atoms with E-state index in [1.807, 2.05) is 0 Å². The Bertz CT molecular complexity index is 1550. The highest BCUT2D eigenvalue weighted by molar-refractivity contribution is 7.18. The standard InChI is InChI=1S/C27H30N4O4S/c1-3-4-5-8-13-31-26(33)18-10-7-6-9-17(18)23(30-31)27(34)35-15-21-28-24(32)22-19-12-11-16(2)14-20(19)36-25(22)29-21/h6-7,9-10,16H,3-5,8,11-15H2,1-2H3,(H,28,29,32)/t16-/m1/s1. The largest absolute Gasteiger partial charge is 0.453 e. The lowest BCUT2D eigenvalue weighted by atomic mass is 9.89. The van der Waals surface area contributed by atoms with E-state index in [0.29, 0.717) is 39.3 Å². The molecule has 8 nitrogen and oxygen atoms in total. The molecule has 1 aliphatic rings. The third kappa shape index (κ3) is 4.72. The number of unbranched alkanes of at least 4 members (excludes halogenated alkanes) is 3. The summed E-state index contributed by atoms with van der Waals surface area (Å²) in [6.45, 7) is 4.61. The van der Waals surface area contributed by atoms with Gasteiger partial charge in [0.25, 0.3) is 11.1 Å². The molecule has 0 spiro atoms. The normalized spacial score (nSPS) is 15.3. The van der Waals surface area contributed by atoms with E-state index in [-0.39, 0.29) is 23.4 Å². The average Bonchev–Trinajstić information content (AvgIpc) is 3.24. The molecule has 188 valence electrons. The van der Waals surface area contributed by atoms with Gasteiger partial charge in [-0.05, 0) is 43.2 Å². The van der Waals surface area contributed by atoms with Crippen LogP contribution in [0, 0.1) is 5.92 Å². The van der Waals surface area contributed by atoms with Gasteiger partial charge in [0.05, 0.1) is 10.8 Å². The number of carbonyl (C=O) groups excluding carboxylic acids is 1. The number of rotatable bonds is 8. The van der Waals surface area contributed by atoms with Gasteiger partial charge in [0.2, 0.25) is 0 Å². The Morgan fingerprint density at radius 2 is 2.00 bits per heavy atom. The van der Waals surface area contributed by atoms with Gasteiger partial charge in [-0.25, -0.2) is 14.5 Å². The number of aryl methyl sites for hydroxylation is 2. The first-order valence-corrected chi connectivity index (χ1v) is 13.5. The fourth-order valence-electron chi connectivity index (χ4n) is 4.89. The molecule has 0 fully saturated rings. The number of aromatic amines is 1. The van der Waals surface area contributed by atoms with Crippen molar-refractivity contribution in [1.82, 2.24) is 19.7 Å². The molecule has 1 N–H and O–H groups in total. The van der Waals surface area contributed by atoms with E-state index in [4.69, 9.17) is 4.74 Å². The Labute approximate surface area is 212 Å². The smallest absolute Gasteiger partial charge is 0.359 e. The van der Waals surface area contributed by atoms with Crippen LogP contribution in [-0.2, 0) is 30.7 Å². The zero-order chi connectivity index (χ0) is 25.2. The molecule has 3 heterocycles. The van der Waals surface area contributed by atoms with Gasteiger partial charge in [-0.3, -0.25) is 9.59 Å². The summed E-state index contributed by atoms with van der Waals surface area (Å²) < 4.78 is 6.90. The minimum Gasteiger partial charge on any atom is -0.453 e. The SMILES string of the molecule is CCCCCCn1nc(C(=O)OCc2nc3sc4c(c3c(=O)[nH]2)CC[C@@H](C)C4)c2ccccc2c1=O. The number of carbonyl (C=O) groups is 1. The van der Waals surface area contributed by atoms with Crippen LogP contribution in [0.15, 0.2) is 33.9 Å². The molecular weight excluding hydrogens is 476 g/mol. The number of nitrogens with one attached hydrogen (secondary N) is 1. The predicted molar refractivity (Wildman–Crippen MR) is 141 cm³/mol. The van der Waals surface area contributed by atoms with Gasteiger partial charge in [-0.15, -0.1) is 11.3 Å². The summed E-state index contributed by atoms with van der Waals surface area (Å²) in [5.41, 5.74) is 0.792. The minimum absolute atomic E-state index is 0.0877. The van der Waals surface area contributed by atoms with Crippen molar-refractivity contribution in [3.63, 3.8) is 0 Å². The maximum Gasteiger partial charge on any atom is 0.359 e. The van der Waals surface area contributed by atoms with E-state index in [1.54, 1.807) is 35.6 Å². The van der Waals surface area contributed by atoms with E-state index in [9.17, 15) is 14.4 Å². The molecule has 0 saturated heterocycles. The van der Waals surface area contributed by atoms with Crippen molar-refractivity contribution in [1.29, 1.82) is 0 Å². The van der Waals surface area contributed by atoms with E-state index in [0.717, 1.165) is 50.5 Å². The topological polar surface area (TPSA) is 107 Å². The van der Waals surface area contributed by atoms with E-state index >= 15 is 0 Å². The number of nitrogens with zero attached hydrogens (tertiary/aromatic N) is 3. The monoisotopic (exact) mass is 506 g/mol. The van der Waals surface area contributed by atoms with Crippen molar-refractivity contribution >= 4 is 38.3 Å². The van der Waals surface area contributed by atoms with Crippen molar-refractivity contribution < 1.29 is 9.53 Å². The summed E-state index contributed by atoms with van der Waals surface area (Å²) >= 11 is 1.56. The summed E-state index contributed by atoms with van der Waals surface area (Å²) in [5, 5.41) is 5.92. The Morgan fingerprint density at radius 3 is 2.81 bits per heavy atom. The van der Waals surface area contributed by atoms with Crippen molar-refractivity contribution in [2.45, 2.75) is 71.9 Å². The fourth-order valence-corrected chi connectivity index (χ4v) is 6.29. The Balaban J connectivity index is 1.40. The number of hydrogen-bond donors (Lipinski definition) is 1. The second-order valence-corrected chi connectivity index (χ2v) is 10.7. The summed E-state index contributed by atoms with van der Waals surface area (Å²) in [4.78, 5) is 48.2. The Morgan fingerprint density at radius 1 is 1.19 bits per heavy atom. The molecule has 9 heteroatoms. The molecule has 0 unspecified atom stereocenters. The van der Waals surface area contributed by atoms with Gasteiger partial charge in [0, 0.05) is 16.8 Å². The lowest BCUT2D eigenvalue weighted by molar-refractivity contribution is 0.0455. The first kappa shape index (κ1) is 24.4. The second-order valence-electron chi connectivity index (χ2n) is 9.60. The van der Waals surface area contributed by atoms with Crippen LogP contribution in [0.25, 0.3) is 21.0 Å². The van der Waals surface area contributed by atoms with Crippen molar-refractivity contribution in [2.24, 2.45) is 5.92 Å². The highest BCUT2D eigenvalue weighted by atomic mass is 32.1. The van der Waals surface area contributed by atoms with Crippen LogP contribution < -0.4 is 11.1 Å². The predicted octanol–water partition coefficient (Wildman–Crippen LogP) is 4.76. The molecule has 0 aliphatic heterocycles. The van der Waals surface area contributed by atoms with Crippen LogP contribution in [0.5, 0.6) is 0 Å². The minimum atomic E-state index is -0.657. The van der Waals surface area contributed by atoms with Crippen LogP contribution in [-0.4, -0.2) is 25.7 Å². The maximum absolute atomic E-state index is 13.1. The quantitative estimate of drug-likeness (QED) is 0.273. The lowest BCUT2D eigenvalue weighted by Gasteiger charge is -2.17. The maximum atomic E-state index is 13.1. The van der Waals surface area contributed by atoms with Gasteiger partial charge >= 0.3 is 5.97 Å². The molecule has 0 amide bonds. The first-order chi connectivity index (χ1) is 17.5. The molecule has 1 aromatic carbocycles. The number of benzene rings is 1. The van der Waals surface area contributed by atoms with Crippen molar-refractivity contribution in [3.05, 3.63) is 66.9 Å². The molecule has 3 aromatic heterocycles. The van der Waals surface area contributed by atoms with Crippen molar-refractivity contribution in [2.75, 3.05) is 0 Å². The van der Waals surface area contributed by atoms with Gasteiger partial charge in [-0.2, -0.15) is 5.10 Å². The van der Waals surface area contributed by atoms with Crippen LogP contribution in [0.1, 0.15) is 72.7 Å². The summed E-state index contributed by atoms with van der Waals surface area (Å²) in [5.74, 6) is 0.238. The molecule has 0 radical (unpaired) electrons. The summed E-state index contributed by atoms with van der Waals surface area (Å²) in [6.07, 6.45) is 6.90. The molecule has 1 atom stereocenters. The Kier molecular flexibility index (Phi) is 7.00. The second kappa shape index (κ2) is 10.3. The molecule has 36 heavy (non-hydrogen) atoms. The van der Waals surface area contributed by atoms with E-state index in [1.165, 1.54) is 9.56 Å². The summed E-state index contributed by atoms with van der Waals surface area (Å²) in [6, 6.07) is 6.93. The zero-order valence-corrected chi connectivity index (χ0v) is 21.5. The third-order valence-corrected chi connectivity index (χ3v) is 7.99. The van der Waals surface area contributed by atoms with Crippen LogP contribution in [0.4, 0.5) is 0 Å². The molecule has 0 saturated carbocycles. The van der Waals surface area contributed by atoms with Crippen LogP contribution >= 0.6 is 11.3 Å². The number of hydrogen-bond acceptors (Lipinski definition) is 7.